The van der Waals surface area contributed by atoms with Crippen LogP contribution in [0.15, 0.2) is 109 Å². The number of hydrogen-bond acceptors (Lipinski definition) is 4. The van der Waals surface area contributed by atoms with Gasteiger partial charge in [0, 0.05) is 82.9 Å². The predicted octanol–water partition coefficient (Wildman–Crippen LogP) is 18.2. The number of nitrogens with zero attached hydrogens (tertiary/aromatic N) is 2. The summed E-state index contributed by atoms with van der Waals surface area (Å²) < 4.78 is 11.1. The summed E-state index contributed by atoms with van der Waals surface area (Å²) in [6.07, 6.45) is 2.41. The molecule has 6 heteroatoms. The average Bonchev–Trinajstić information content (AvgIpc) is 4.06. The summed E-state index contributed by atoms with van der Waals surface area (Å²) >= 11 is 6.02. The topological polar surface area (TPSA) is 8.17 Å². The van der Waals surface area contributed by atoms with Crippen LogP contribution in [0.5, 0.6) is 0 Å². The smallest absolute Gasteiger partial charge is 0.343 e. The normalized spacial score (nSPS) is 16.4. The van der Waals surface area contributed by atoms with Crippen LogP contribution < -0.4 is 15.1 Å². The van der Waals surface area contributed by atoms with Crippen LogP contribution in [-0.4, -0.2) is 11.4 Å². The minimum absolute atomic E-state index is 0.00395. The first kappa shape index (κ1) is 43.4. The summed E-state index contributed by atoms with van der Waals surface area (Å²) in [5.74, 6) is 0. The number of aromatic nitrogens is 1. The average molecular weight is 965 g/mol. The fourth-order valence-electron chi connectivity index (χ4n) is 12.9. The van der Waals surface area contributed by atoms with E-state index in [9.17, 15) is 0 Å². The molecule has 70 heavy (non-hydrogen) atoms. The van der Waals surface area contributed by atoms with Gasteiger partial charge < -0.3 is 9.38 Å². The Morgan fingerprint density at radius 2 is 1.11 bits per heavy atom. The molecule has 0 bridgehead atoms. The van der Waals surface area contributed by atoms with Crippen molar-refractivity contribution in [3.05, 3.63) is 137 Å². The molecule has 4 aromatic heterocycles. The van der Waals surface area contributed by atoms with Crippen molar-refractivity contribution >= 4 is 135 Å². The van der Waals surface area contributed by atoms with Gasteiger partial charge in [0.1, 0.15) is 0 Å². The molecule has 7 aromatic carbocycles. The first-order valence-corrected chi connectivity index (χ1v) is 28.0. The van der Waals surface area contributed by atoms with Gasteiger partial charge in [-0.05, 0) is 145 Å². The van der Waals surface area contributed by atoms with Crippen molar-refractivity contribution in [1.82, 2.24) is 4.57 Å². The molecular formula is C64H61BN2S3. The largest absolute Gasteiger partial charge is 0.376 e. The van der Waals surface area contributed by atoms with Gasteiger partial charge in [-0.25, -0.2) is 0 Å². The zero-order chi connectivity index (χ0) is 48.5. The Hall–Kier alpha value is -5.40. The van der Waals surface area contributed by atoms with Gasteiger partial charge in [-0.3, -0.25) is 0 Å². The summed E-state index contributed by atoms with van der Waals surface area (Å²) in [5, 5.41) is 9.68. The van der Waals surface area contributed by atoms with E-state index in [0.29, 0.717) is 0 Å². The molecule has 14 rings (SSSR count). The highest BCUT2D eigenvalue weighted by atomic mass is 32.1. The van der Waals surface area contributed by atoms with Gasteiger partial charge in [0.25, 0.3) is 0 Å². The van der Waals surface area contributed by atoms with Gasteiger partial charge in [0.15, 0.2) is 0 Å². The molecule has 11 aromatic rings. The van der Waals surface area contributed by atoms with E-state index in [1.807, 2.05) is 34.0 Å². The van der Waals surface area contributed by atoms with Crippen LogP contribution in [0, 0.1) is 0 Å². The second kappa shape index (κ2) is 13.8. The number of benzene rings is 7. The lowest BCUT2D eigenvalue weighted by molar-refractivity contribution is 0.332. The summed E-state index contributed by atoms with van der Waals surface area (Å²) in [6.45, 7) is 31.0. The van der Waals surface area contributed by atoms with E-state index in [2.05, 4.69) is 209 Å². The second-order valence-corrected chi connectivity index (χ2v) is 28.8. The van der Waals surface area contributed by atoms with E-state index < -0.39 is 0 Å². The summed E-state index contributed by atoms with van der Waals surface area (Å²) in [4.78, 5) is 2.79. The molecule has 0 saturated carbocycles. The minimum Gasteiger partial charge on any atom is -0.376 e. The van der Waals surface area contributed by atoms with Crippen molar-refractivity contribution in [3.8, 4) is 16.8 Å². The maximum atomic E-state index is 2.79. The van der Waals surface area contributed by atoms with E-state index in [-0.39, 0.29) is 33.9 Å². The van der Waals surface area contributed by atoms with Crippen LogP contribution >= 0.6 is 34.0 Å². The molecule has 0 unspecified atom stereocenters. The zero-order valence-corrected chi connectivity index (χ0v) is 45.5. The number of hydrogen-bond donors (Lipinski definition) is 0. The molecule has 0 radical (unpaired) electrons. The van der Waals surface area contributed by atoms with Gasteiger partial charge in [0.05, 0.1) is 16.7 Å². The van der Waals surface area contributed by atoms with Crippen molar-refractivity contribution < 1.29 is 0 Å². The Kier molecular flexibility index (Phi) is 8.53. The number of fused-ring (bicyclic) bond motifs is 19. The first-order chi connectivity index (χ1) is 33.1. The Bertz CT molecular complexity index is 4130. The molecule has 6 heterocycles. The molecule has 0 spiro atoms. The third-order valence-electron chi connectivity index (χ3n) is 17.1. The highest BCUT2D eigenvalue weighted by Crippen LogP contribution is 2.56. The van der Waals surface area contributed by atoms with Crippen LogP contribution in [0.1, 0.15) is 131 Å². The first-order valence-electron chi connectivity index (χ1n) is 25.6. The second-order valence-electron chi connectivity index (χ2n) is 25.6. The van der Waals surface area contributed by atoms with E-state index in [1.54, 1.807) is 0 Å². The highest BCUT2D eigenvalue weighted by molar-refractivity contribution is 7.32. The van der Waals surface area contributed by atoms with E-state index in [1.165, 1.54) is 151 Å². The summed E-state index contributed by atoms with van der Waals surface area (Å²) in [5.41, 5.74) is 18.3. The lowest BCUT2D eigenvalue weighted by atomic mass is 9.47. The number of thiophene rings is 3. The van der Waals surface area contributed by atoms with Crippen molar-refractivity contribution in [2.75, 3.05) is 4.81 Å². The molecule has 3 aliphatic rings. The van der Waals surface area contributed by atoms with Gasteiger partial charge in [0.2, 0.25) is 0 Å². The zero-order valence-electron chi connectivity index (χ0n) is 43.0. The molecule has 0 amide bonds. The summed E-state index contributed by atoms with van der Waals surface area (Å²) in [7, 11) is 0. The maximum absolute atomic E-state index is 2.79. The lowest BCUT2D eigenvalue weighted by Gasteiger charge is -2.42. The molecule has 0 fully saturated rings. The highest BCUT2D eigenvalue weighted by Gasteiger charge is 2.48. The molecule has 1 aliphatic carbocycles. The monoisotopic (exact) mass is 964 g/mol. The fourth-order valence-corrected chi connectivity index (χ4v) is 16.6. The molecule has 2 aliphatic heterocycles. The maximum Gasteiger partial charge on any atom is 0.343 e. The molecular weight excluding hydrogens is 904 g/mol. The predicted molar refractivity (Wildman–Crippen MR) is 312 cm³/mol. The molecule has 348 valence electrons. The third kappa shape index (κ3) is 5.79. The van der Waals surface area contributed by atoms with Gasteiger partial charge >= 0.3 is 6.85 Å². The molecule has 0 atom stereocenters. The number of rotatable bonds is 1. The standard InChI is InChI=1S/C64H61BN2S3/c1-60(2,3)34-18-22-37(23-19-34)67-47-31-40-39-30-44-45(64(12,13)27-26-63(44,10)11)33-51(39)68-50(40)32-42(47)52-53-38-16-14-15-17-48(38)69-58(53)54-41-28-35(61(4,5)6)20-24-46(41)66-56-43-29-36(62(7,8)9)21-25-49(43)70-59(56)65(67)55(52)57(54)66/h14-25,28-33H,26-27H2,1-13H3. The van der Waals surface area contributed by atoms with Crippen molar-refractivity contribution in [2.45, 2.75) is 130 Å². The van der Waals surface area contributed by atoms with Gasteiger partial charge in [-0.2, -0.15) is 0 Å². The van der Waals surface area contributed by atoms with Crippen molar-refractivity contribution in [3.63, 3.8) is 0 Å². The van der Waals surface area contributed by atoms with Crippen LogP contribution in [0.25, 0.3) is 89.1 Å². The number of anilines is 2. The van der Waals surface area contributed by atoms with Crippen molar-refractivity contribution in [1.29, 1.82) is 0 Å². The van der Waals surface area contributed by atoms with Crippen LogP contribution in [-0.2, 0) is 27.1 Å². The van der Waals surface area contributed by atoms with E-state index in [0.717, 1.165) is 0 Å². The molecule has 0 saturated heterocycles. The lowest BCUT2D eigenvalue weighted by Crippen LogP contribution is -2.59. The van der Waals surface area contributed by atoms with Crippen LogP contribution in [0.2, 0.25) is 0 Å². The SMILES string of the molecule is CC(C)(C)c1ccc(N2B3c4sc5ccc(C(C)(C)C)cc5c4-n4c5ccc(C(C)(C)C)cc5c5c6sc7ccccc7c6c(c3c54)-c3cc4sc5cc6c(cc5c4cc32)C(C)(C)CCC6(C)C)cc1. The quantitative estimate of drug-likeness (QED) is 0.149. The van der Waals surface area contributed by atoms with E-state index in [4.69, 9.17) is 0 Å². The molecule has 2 nitrogen and oxygen atoms in total. The van der Waals surface area contributed by atoms with E-state index >= 15 is 0 Å². The Morgan fingerprint density at radius 1 is 0.514 bits per heavy atom. The fraction of sp³-hybridized carbons (Fsp3) is 0.312. The summed E-state index contributed by atoms with van der Waals surface area (Å²) in [6, 6.07) is 44.2. The third-order valence-corrected chi connectivity index (χ3v) is 20.6. The Balaban J connectivity index is 1.21. The van der Waals surface area contributed by atoms with Crippen LogP contribution in [0.4, 0.5) is 11.4 Å². The van der Waals surface area contributed by atoms with Crippen molar-refractivity contribution in [2.24, 2.45) is 0 Å². The van der Waals surface area contributed by atoms with Gasteiger partial charge in [-0.15, -0.1) is 34.0 Å². The Labute approximate surface area is 425 Å². The minimum atomic E-state index is -0.0622. The van der Waals surface area contributed by atoms with Gasteiger partial charge in [-0.1, -0.05) is 132 Å². The van der Waals surface area contributed by atoms with Crippen LogP contribution in [0.3, 0.4) is 0 Å². The Morgan fingerprint density at radius 3 is 1.81 bits per heavy atom. The molecule has 0 N–H and O–H groups in total.